The SMILES string of the molecule is CCSc1cc2c(cc1Br)C(O)C(=O)N2. The van der Waals surface area contributed by atoms with Crippen LogP contribution < -0.4 is 5.32 Å². The first kappa shape index (κ1) is 11.0. The van der Waals surface area contributed by atoms with E-state index in [4.69, 9.17) is 0 Å². The maximum absolute atomic E-state index is 11.2. The lowest BCUT2D eigenvalue weighted by atomic mass is 10.1. The van der Waals surface area contributed by atoms with Crippen molar-refractivity contribution >= 4 is 39.3 Å². The first-order valence-corrected chi connectivity index (χ1v) is 6.36. The molecule has 1 atom stereocenters. The highest BCUT2D eigenvalue weighted by molar-refractivity contribution is 9.10. The normalized spacial score (nSPS) is 18.9. The van der Waals surface area contributed by atoms with E-state index >= 15 is 0 Å². The van der Waals surface area contributed by atoms with Gasteiger partial charge in [0.2, 0.25) is 0 Å². The van der Waals surface area contributed by atoms with Gasteiger partial charge < -0.3 is 10.4 Å². The van der Waals surface area contributed by atoms with Crippen LogP contribution in [0.15, 0.2) is 21.5 Å². The zero-order valence-electron chi connectivity index (χ0n) is 8.08. The van der Waals surface area contributed by atoms with Gasteiger partial charge in [-0.05, 0) is 33.8 Å². The minimum Gasteiger partial charge on any atom is -0.378 e. The number of hydrogen-bond acceptors (Lipinski definition) is 3. The van der Waals surface area contributed by atoms with E-state index in [0.717, 1.165) is 15.1 Å². The number of nitrogens with one attached hydrogen (secondary N) is 1. The van der Waals surface area contributed by atoms with Crippen molar-refractivity contribution in [2.24, 2.45) is 0 Å². The molecular weight excluding hydrogens is 278 g/mol. The summed E-state index contributed by atoms with van der Waals surface area (Å²) in [5.41, 5.74) is 1.36. The number of fused-ring (bicyclic) bond motifs is 1. The summed E-state index contributed by atoms with van der Waals surface area (Å²) in [4.78, 5) is 12.3. The molecule has 3 nitrogen and oxygen atoms in total. The lowest BCUT2D eigenvalue weighted by molar-refractivity contribution is -0.123. The van der Waals surface area contributed by atoms with Crippen LogP contribution in [-0.2, 0) is 4.79 Å². The first-order valence-electron chi connectivity index (χ1n) is 4.58. The molecule has 1 heterocycles. The molecule has 1 unspecified atom stereocenters. The van der Waals surface area contributed by atoms with Crippen LogP contribution in [0.2, 0.25) is 0 Å². The topological polar surface area (TPSA) is 49.3 Å². The Morgan fingerprint density at radius 3 is 3.00 bits per heavy atom. The van der Waals surface area contributed by atoms with Gasteiger partial charge in [-0.3, -0.25) is 4.79 Å². The molecule has 15 heavy (non-hydrogen) atoms. The van der Waals surface area contributed by atoms with Crippen LogP contribution in [0.1, 0.15) is 18.6 Å². The quantitative estimate of drug-likeness (QED) is 0.822. The van der Waals surface area contributed by atoms with Crippen LogP contribution in [0.3, 0.4) is 0 Å². The molecule has 1 amide bonds. The Bertz CT molecular complexity index is 422. The number of aliphatic hydroxyl groups excluding tert-OH is 1. The summed E-state index contributed by atoms with van der Waals surface area (Å²) in [6.45, 7) is 2.07. The standard InChI is InChI=1S/C10H10BrNO2S/c1-2-15-8-4-7-5(3-6(8)11)9(13)10(14)12-7/h3-4,9,13H,2H2,1H3,(H,12,14). The molecule has 2 rings (SSSR count). The third-order valence-corrected chi connectivity index (χ3v) is 4.06. The second-order valence-corrected chi connectivity index (χ2v) is 5.35. The van der Waals surface area contributed by atoms with Crippen molar-refractivity contribution in [3.05, 3.63) is 22.2 Å². The van der Waals surface area contributed by atoms with Crippen LogP contribution >= 0.6 is 27.7 Å². The fraction of sp³-hybridized carbons (Fsp3) is 0.300. The molecule has 1 aromatic carbocycles. The summed E-state index contributed by atoms with van der Waals surface area (Å²) in [5, 5.41) is 12.2. The maximum atomic E-state index is 11.2. The van der Waals surface area contributed by atoms with E-state index in [-0.39, 0.29) is 5.91 Å². The predicted molar refractivity (Wildman–Crippen MR) is 64.1 cm³/mol. The van der Waals surface area contributed by atoms with Gasteiger partial charge in [-0.2, -0.15) is 0 Å². The van der Waals surface area contributed by atoms with E-state index in [1.54, 1.807) is 17.8 Å². The average molecular weight is 288 g/mol. The smallest absolute Gasteiger partial charge is 0.257 e. The van der Waals surface area contributed by atoms with Gasteiger partial charge in [0.05, 0.1) is 0 Å². The molecule has 0 radical (unpaired) electrons. The van der Waals surface area contributed by atoms with E-state index in [0.29, 0.717) is 11.3 Å². The second kappa shape index (κ2) is 4.15. The summed E-state index contributed by atoms with van der Waals surface area (Å²) in [6.07, 6.45) is -1.03. The Labute approximate surface area is 100 Å². The number of hydrogen-bond donors (Lipinski definition) is 2. The van der Waals surface area contributed by atoms with Crippen molar-refractivity contribution in [1.29, 1.82) is 0 Å². The number of thioether (sulfide) groups is 1. The number of anilines is 1. The molecule has 0 fully saturated rings. The Morgan fingerprint density at radius 1 is 1.60 bits per heavy atom. The molecule has 5 heteroatoms. The highest BCUT2D eigenvalue weighted by atomic mass is 79.9. The zero-order valence-corrected chi connectivity index (χ0v) is 10.5. The number of rotatable bonds is 2. The molecule has 0 saturated carbocycles. The van der Waals surface area contributed by atoms with Gasteiger partial charge in [-0.15, -0.1) is 11.8 Å². The van der Waals surface area contributed by atoms with E-state index in [2.05, 4.69) is 28.2 Å². The molecule has 0 aliphatic carbocycles. The summed E-state index contributed by atoms with van der Waals surface area (Å²) in [5.74, 6) is 0.615. The molecule has 0 spiro atoms. The van der Waals surface area contributed by atoms with Crippen molar-refractivity contribution in [1.82, 2.24) is 0 Å². The Balaban J connectivity index is 2.44. The second-order valence-electron chi connectivity index (χ2n) is 3.19. The summed E-state index contributed by atoms with van der Waals surface area (Å²) >= 11 is 5.12. The van der Waals surface area contributed by atoms with Gasteiger partial charge >= 0.3 is 0 Å². The van der Waals surface area contributed by atoms with Crippen LogP contribution in [0.4, 0.5) is 5.69 Å². The number of carbonyl (C=O) groups is 1. The summed E-state index contributed by atoms with van der Waals surface area (Å²) < 4.78 is 0.920. The summed E-state index contributed by atoms with van der Waals surface area (Å²) in [7, 11) is 0. The third-order valence-electron chi connectivity index (χ3n) is 2.20. The van der Waals surface area contributed by atoms with Crippen molar-refractivity contribution in [3.63, 3.8) is 0 Å². The summed E-state index contributed by atoms with van der Waals surface area (Å²) in [6, 6.07) is 3.69. The van der Waals surface area contributed by atoms with Gasteiger partial charge in [-0.25, -0.2) is 0 Å². The average Bonchev–Trinajstić information content (AvgIpc) is 2.46. The van der Waals surface area contributed by atoms with Gasteiger partial charge in [0.15, 0.2) is 6.10 Å². The number of aliphatic hydroxyl groups is 1. The largest absolute Gasteiger partial charge is 0.378 e. The Hall–Kier alpha value is -0.520. The number of carbonyl (C=O) groups excluding carboxylic acids is 1. The predicted octanol–water partition coefficient (Wildman–Crippen LogP) is 2.55. The fourth-order valence-corrected chi connectivity index (χ4v) is 2.93. The molecule has 0 saturated heterocycles. The molecule has 0 aromatic heterocycles. The monoisotopic (exact) mass is 287 g/mol. The Morgan fingerprint density at radius 2 is 2.33 bits per heavy atom. The zero-order chi connectivity index (χ0) is 11.0. The van der Waals surface area contributed by atoms with Gasteiger partial charge in [0.25, 0.3) is 5.91 Å². The fourth-order valence-electron chi connectivity index (χ4n) is 1.51. The number of benzene rings is 1. The minimum atomic E-state index is -1.03. The van der Waals surface area contributed by atoms with E-state index in [1.807, 2.05) is 6.07 Å². The van der Waals surface area contributed by atoms with E-state index in [9.17, 15) is 9.90 Å². The third kappa shape index (κ3) is 1.91. The minimum absolute atomic E-state index is 0.351. The Kier molecular flexibility index (Phi) is 3.04. The lowest BCUT2D eigenvalue weighted by Crippen LogP contribution is -2.10. The van der Waals surface area contributed by atoms with Gasteiger partial charge in [0, 0.05) is 20.6 Å². The highest BCUT2D eigenvalue weighted by Crippen LogP contribution is 2.38. The molecular formula is C10H10BrNO2S. The lowest BCUT2D eigenvalue weighted by Gasteiger charge is -2.06. The van der Waals surface area contributed by atoms with Crippen LogP contribution in [0, 0.1) is 0 Å². The van der Waals surface area contributed by atoms with Gasteiger partial charge in [0.1, 0.15) is 0 Å². The van der Waals surface area contributed by atoms with Crippen LogP contribution in [0.5, 0.6) is 0 Å². The van der Waals surface area contributed by atoms with Gasteiger partial charge in [-0.1, -0.05) is 6.92 Å². The van der Waals surface area contributed by atoms with Crippen molar-refractivity contribution in [3.8, 4) is 0 Å². The van der Waals surface area contributed by atoms with E-state index in [1.165, 1.54) is 0 Å². The first-order chi connectivity index (χ1) is 7.13. The van der Waals surface area contributed by atoms with Crippen molar-refractivity contribution < 1.29 is 9.90 Å². The van der Waals surface area contributed by atoms with Crippen molar-refractivity contribution in [2.45, 2.75) is 17.9 Å². The van der Waals surface area contributed by atoms with Crippen LogP contribution in [-0.4, -0.2) is 16.8 Å². The molecule has 1 aliphatic rings. The molecule has 2 N–H and O–H groups in total. The van der Waals surface area contributed by atoms with Crippen molar-refractivity contribution in [2.75, 3.05) is 11.1 Å². The van der Waals surface area contributed by atoms with Crippen LogP contribution in [0.25, 0.3) is 0 Å². The maximum Gasteiger partial charge on any atom is 0.257 e. The van der Waals surface area contributed by atoms with E-state index < -0.39 is 6.10 Å². The molecule has 1 aliphatic heterocycles. The molecule has 1 aromatic rings. The molecule has 80 valence electrons. The highest BCUT2D eigenvalue weighted by Gasteiger charge is 2.29. The number of halogens is 1. The molecule has 0 bridgehead atoms. The number of amides is 1.